The molecule has 1 aliphatic rings. The van der Waals surface area contributed by atoms with Gasteiger partial charge in [0.1, 0.15) is 17.2 Å². The van der Waals surface area contributed by atoms with E-state index in [9.17, 15) is 9.59 Å². The molecule has 0 bridgehead atoms. The van der Waals surface area contributed by atoms with Crippen LogP contribution in [0.5, 0.6) is 17.2 Å². The monoisotopic (exact) mass is 440 g/mol. The number of hydrogen-bond acceptors (Lipinski definition) is 5. The van der Waals surface area contributed by atoms with E-state index in [1.807, 2.05) is 32.9 Å². The molecule has 0 saturated carbocycles. The second kappa shape index (κ2) is 10.4. The first-order valence-electron chi connectivity index (χ1n) is 10.8. The topological polar surface area (TPSA) is 77.1 Å². The molecule has 7 heteroatoms. The molecule has 32 heavy (non-hydrogen) atoms. The number of nitrogens with zero attached hydrogens (tertiary/aromatic N) is 1. The fraction of sp³-hybridized carbons (Fsp3) is 0.440. The average molecular weight is 441 g/mol. The van der Waals surface area contributed by atoms with Gasteiger partial charge in [0.05, 0.1) is 14.2 Å². The Hall–Kier alpha value is -3.22. The molecule has 7 nitrogen and oxygen atoms in total. The molecule has 0 radical (unpaired) electrons. The highest BCUT2D eigenvalue weighted by Gasteiger charge is 2.25. The van der Waals surface area contributed by atoms with E-state index in [0.29, 0.717) is 43.0 Å². The summed E-state index contributed by atoms with van der Waals surface area (Å²) in [6.45, 7) is 7.12. The van der Waals surface area contributed by atoms with Crippen molar-refractivity contribution < 1.29 is 23.8 Å². The van der Waals surface area contributed by atoms with Crippen molar-refractivity contribution in [1.82, 2.24) is 10.2 Å². The van der Waals surface area contributed by atoms with Crippen molar-refractivity contribution in [3.63, 3.8) is 0 Å². The number of carbonyl (C=O) groups excluding carboxylic acids is 2. The zero-order valence-corrected chi connectivity index (χ0v) is 19.5. The summed E-state index contributed by atoms with van der Waals surface area (Å²) >= 11 is 0. The number of amides is 2. The number of rotatable bonds is 7. The van der Waals surface area contributed by atoms with Crippen LogP contribution >= 0.6 is 0 Å². The summed E-state index contributed by atoms with van der Waals surface area (Å²) in [5, 5.41) is 3.04. The van der Waals surface area contributed by atoms with Crippen LogP contribution < -0.4 is 19.5 Å². The lowest BCUT2D eigenvalue weighted by molar-refractivity contribution is -0.124. The zero-order chi connectivity index (χ0) is 23.3. The van der Waals surface area contributed by atoms with Gasteiger partial charge in [0, 0.05) is 30.8 Å². The Morgan fingerprint density at radius 1 is 0.969 bits per heavy atom. The fourth-order valence-corrected chi connectivity index (χ4v) is 3.90. The third-order valence-corrected chi connectivity index (χ3v) is 5.97. The van der Waals surface area contributed by atoms with E-state index >= 15 is 0 Å². The minimum atomic E-state index is -0.146. The molecule has 1 aliphatic heterocycles. The maximum absolute atomic E-state index is 12.9. The van der Waals surface area contributed by atoms with Gasteiger partial charge in [-0.25, -0.2) is 0 Å². The zero-order valence-electron chi connectivity index (χ0n) is 19.5. The van der Waals surface area contributed by atoms with Crippen molar-refractivity contribution in [1.29, 1.82) is 0 Å². The summed E-state index contributed by atoms with van der Waals surface area (Å²) in [6, 6.07) is 9.24. The maximum atomic E-state index is 12.9. The Bertz CT molecular complexity index is 958. The molecular weight excluding hydrogens is 408 g/mol. The average Bonchev–Trinajstić information content (AvgIpc) is 2.81. The molecule has 172 valence electrons. The Kier molecular flexibility index (Phi) is 7.62. The molecular formula is C25H32N2O5. The first-order chi connectivity index (χ1) is 15.3. The smallest absolute Gasteiger partial charge is 0.258 e. The maximum Gasteiger partial charge on any atom is 0.258 e. The molecule has 3 rings (SSSR count). The van der Waals surface area contributed by atoms with Crippen LogP contribution in [-0.4, -0.2) is 56.7 Å². The minimum Gasteiger partial charge on any atom is -0.497 e. The van der Waals surface area contributed by atoms with Gasteiger partial charge in [-0.1, -0.05) is 12.1 Å². The second-order valence-corrected chi connectivity index (χ2v) is 8.18. The van der Waals surface area contributed by atoms with E-state index < -0.39 is 0 Å². The van der Waals surface area contributed by atoms with Crippen molar-refractivity contribution in [2.45, 2.75) is 39.7 Å². The lowest BCUT2D eigenvalue weighted by Crippen LogP contribution is -2.47. The SMILES string of the molecule is COc1cc(OC)cc(C(=O)N2CCC(NC(=O)COc3c(C)ccc(C)c3C)CC2)c1. The normalized spacial score (nSPS) is 14.1. The van der Waals surface area contributed by atoms with Crippen molar-refractivity contribution in [3.05, 3.63) is 52.6 Å². The predicted molar refractivity (Wildman–Crippen MR) is 123 cm³/mol. The van der Waals surface area contributed by atoms with Crippen LogP contribution in [0.4, 0.5) is 0 Å². The third kappa shape index (κ3) is 5.52. The Balaban J connectivity index is 1.51. The van der Waals surface area contributed by atoms with Gasteiger partial charge in [0.15, 0.2) is 6.61 Å². The molecule has 1 heterocycles. The lowest BCUT2D eigenvalue weighted by atomic mass is 10.0. The number of aryl methyl sites for hydroxylation is 2. The highest BCUT2D eigenvalue weighted by atomic mass is 16.5. The van der Waals surface area contributed by atoms with Crippen LogP contribution in [0.2, 0.25) is 0 Å². The van der Waals surface area contributed by atoms with Crippen molar-refractivity contribution in [3.8, 4) is 17.2 Å². The largest absolute Gasteiger partial charge is 0.497 e. The van der Waals surface area contributed by atoms with E-state index in [1.54, 1.807) is 37.3 Å². The molecule has 2 amide bonds. The van der Waals surface area contributed by atoms with E-state index in [4.69, 9.17) is 14.2 Å². The summed E-state index contributed by atoms with van der Waals surface area (Å²) < 4.78 is 16.3. The number of ether oxygens (including phenoxy) is 3. The Morgan fingerprint density at radius 3 is 2.16 bits per heavy atom. The summed E-state index contributed by atoms with van der Waals surface area (Å²) in [6.07, 6.45) is 1.39. The molecule has 2 aromatic carbocycles. The molecule has 0 spiro atoms. The van der Waals surface area contributed by atoms with Crippen molar-refractivity contribution in [2.24, 2.45) is 0 Å². The van der Waals surface area contributed by atoms with E-state index in [-0.39, 0.29) is 24.5 Å². The molecule has 1 N–H and O–H groups in total. The quantitative estimate of drug-likeness (QED) is 0.714. The van der Waals surface area contributed by atoms with E-state index in [1.165, 1.54) is 0 Å². The molecule has 0 atom stereocenters. The Labute approximate surface area is 189 Å². The van der Waals surface area contributed by atoms with Gasteiger partial charge in [0.2, 0.25) is 0 Å². The standard InChI is InChI=1S/C25H32N2O5/c1-16-6-7-17(2)24(18(16)3)32-15-23(28)26-20-8-10-27(11-9-20)25(29)19-12-21(30-4)14-22(13-19)31-5/h6-7,12-14,20H,8-11,15H2,1-5H3,(H,26,28). The van der Waals surface area contributed by atoms with Crippen LogP contribution in [0, 0.1) is 20.8 Å². The number of hydrogen-bond donors (Lipinski definition) is 1. The minimum absolute atomic E-state index is 0.0200. The van der Waals surface area contributed by atoms with Gasteiger partial charge >= 0.3 is 0 Å². The number of benzene rings is 2. The van der Waals surface area contributed by atoms with E-state index in [2.05, 4.69) is 5.32 Å². The summed E-state index contributed by atoms with van der Waals surface area (Å²) in [5.74, 6) is 1.71. The van der Waals surface area contributed by atoms with Crippen molar-refractivity contribution >= 4 is 11.8 Å². The summed E-state index contributed by atoms with van der Waals surface area (Å²) in [5.41, 5.74) is 3.73. The number of likely N-dealkylation sites (tertiary alicyclic amines) is 1. The van der Waals surface area contributed by atoms with Crippen LogP contribution in [-0.2, 0) is 4.79 Å². The van der Waals surface area contributed by atoms with Crippen LogP contribution in [0.15, 0.2) is 30.3 Å². The van der Waals surface area contributed by atoms with E-state index in [0.717, 1.165) is 22.4 Å². The highest BCUT2D eigenvalue weighted by Crippen LogP contribution is 2.26. The van der Waals surface area contributed by atoms with Crippen LogP contribution in [0.1, 0.15) is 39.9 Å². The third-order valence-electron chi connectivity index (χ3n) is 5.97. The lowest BCUT2D eigenvalue weighted by Gasteiger charge is -2.32. The van der Waals surface area contributed by atoms with Crippen LogP contribution in [0.3, 0.4) is 0 Å². The van der Waals surface area contributed by atoms with Crippen LogP contribution in [0.25, 0.3) is 0 Å². The van der Waals surface area contributed by atoms with Gasteiger partial charge in [-0.3, -0.25) is 9.59 Å². The molecule has 1 fully saturated rings. The summed E-state index contributed by atoms with van der Waals surface area (Å²) in [7, 11) is 3.12. The molecule has 2 aromatic rings. The highest BCUT2D eigenvalue weighted by molar-refractivity contribution is 5.95. The number of nitrogens with one attached hydrogen (secondary N) is 1. The molecule has 0 unspecified atom stereocenters. The molecule has 1 saturated heterocycles. The van der Waals surface area contributed by atoms with Crippen molar-refractivity contribution in [2.75, 3.05) is 33.9 Å². The number of carbonyl (C=O) groups is 2. The number of piperidine rings is 1. The van der Waals surface area contributed by atoms with Gasteiger partial charge in [0.25, 0.3) is 11.8 Å². The van der Waals surface area contributed by atoms with Gasteiger partial charge in [-0.15, -0.1) is 0 Å². The molecule has 0 aromatic heterocycles. The first kappa shape index (κ1) is 23.4. The molecule has 0 aliphatic carbocycles. The number of methoxy groups -OCH3 is 2. The predicted octanol–water partition coefficient (Wildman–Crippen LogP) is 3.43. The second-order valence-electron chi connectivity index (χ2n) is 8.18. The van der Waals surface area contributed by atoms with Gasteiger partial charge < -0.3 is 24.4 Å². The van der Waals surface area contributed by atoms with Gasteiger partial charge in [-0.05, 0) is 62.4 Å². The Morgan fingerprint density at radius 2 is 1.56 bits per heavy atom. The van der Waals surface area contributed by atoms with Gasteiger partial charge in [-0.2, -0.15) is 0 Å². The first-order valence-corrected chi connectivity index (χ1v) is 10.8. The fourth-order valence-electron chi connectivity index (χ4n) is 3.90. The summed E-state index contributed by atoms with van der Waals surface area (Å²) in [4.78, 5) is 27.1.